The number of aromatic nitrogens is 3. The molecule has 0 spiro atoms. The van der Waals surface area contributed by atoms with Crippen molar-refractivity contribution in [3.8, 4) is 5.75 Å². The number of esters is 1. The minimum atomic E-state index is -4.63. The van der Waals surface area contributed by atoms with E-state index in [1.165, 1.54) is 25.7 Å². The minimum absolute atomic E-state index is 0.0435. The zero-order valence-corrected chi connectivity index (χ0v) is 27.6. The van der Waals surface area contributed by atoms with E-state index in [2.05, 4.69) is 30.0 Å². The van der Waals surface area contributed by atoms with E-state index >= 15 is 0 Å². The van der Waals surface area contributed by atoms with E-state index in [4.69, 9.17) is 9.47 Å². The van der Waals surface area contributed by atoms with E-state index < -0.39 is 49.1 Å². The molecule has 3 aromatic rings. The van der Waals surface area contributed by atoms with Crippen molar-refractivity contribution in [3.63, 3.8) is 0 Å². The minimum Gasteiger partial charge on any atom is -0.494 e. The Hall–Kier alpha value is -3.54. The zero-order valence-electron chi connectivity index (χ0n) is 26.6. The molecule has 5 rings (SSSR count). The van der Waals surface area contributed by atoms with Crippen LogP contribution in [0.1, 0.15) is 60.9 Å². The number of fused-ring (bicyclic) bond motifs is 1. The average molecular weight is 658 g/mol. The molecule has 0 N–H and O–H groups in total. The van der Waals surface area contributed by atoms with Crippen LogP contribution in [0.5, 0.6) is 5.75 Å². The molecule has 0 aliphatic heterocycles. The molecule has 46 heavy (non-hydrogen) atoms. The summed E-state index contributed by atoms with van der Waals surface area (Å²) in [4.78, 5) is 40.7. The number of carbonyl (C=O) groups is 2. The third kappa shape index (κ3) is 8.23. The molecule has 0 radical (unpaired) electrons. The van der Waals surface area contributed by atoms with Crippen molar-refractivity contribution in [2.45, 2.75) is 83.4 Å². The largest absolute Gasteiger partial charge is 0.494 e. The van der Waals surface area contributed by atoms with Gasteiger partial charge in [0.2, 0.25) is 0 Å². The number of alkyl halides is 3. The lowest BCUT2D eigenvalue weighted by molar-refractivity contribution is -0.150. The number of hydrogen-bond donors (Lipinski definition) is 0. The highest BCUT2D eigenvalue weighted by atomic mass is 28.3. The fourth-order valence-corrected chi connectivity index (χ4v) is 7.37. The molecule has 2 aliphatic carbocycles. The molecule has 2 fully saturated rings. The number of rotatable bonds is 12. The third-order valence-electron chi connectivity index (χ3n) is 9.36. The van der Waals surface area contributed by atoms with Gasteiger partial charge in [-0.3, -0.25) is 14.4 Å². The maximum absolute atomic E-state index is 13.8. The monoisotopic (exact) mass is 657 g/mol. The smallest absolute Gasteiger partial charge is 0.416 e. The maximum Gasteiger partial charge on any atom is 0.416 e. The molecule has 2 aromatic carbocycles. The summed E-state index contributed by atoms with van der Waals surface area (Å²) in [6, 6.07) is 10.5. The number of carbonyl (C=O) groups excluding carboxylic acids is 2. The summed E-state index contributed by atoms with van der Waals surface area (Å²) in [7, 11) is -1.51. The number of ketones is 1. The van der Waals surface area contributed by atoms with E-state index in [1.807, 2.05) is 0 Å². The third-order valence-corrected chi connectivity index (χ3v) is 11.1. The van der Waals surface area contributed by atoms with E-state index in [-0.39, 0.29) is 29.8 Å². The van der Waals surface area contributed by atoms with E-state index in [9.17, 15) is 27.6 Å². The molecular formula is C34H42F3N3O5Si. The Balaban J connectivity index is 1.34. The Bertz CT molecular complexity index is 1600. The topological polar surface area (TPSA) is 100 Å². The Morgan fingerprint density at radius 1 is 0.978 bits per heavy atom. The van der Waals surface area contributed by atoms with Gasteiger partial charge in [-0.2, -0.15) is 13.2 Å². The SMILES string of the molecule is C[Si](C)(C)CCOC(=O)[C@H]1[C@H](Cn2nnc3ccc(C(F)(F)F)cc3c2=O)CC[C@@H]1C(=O)c1ccc(OCCC2CCCC2)cc1. The summed E-state index contributed by atoms with van der Waals surface area (Å²) < 4.78 is 52.7. The lowest BCUT2D eigenvalue weighted by atomic mass is 9.84. The Morgan fingerprint density at radius 2 is 1.70 bits per heavy atom. The Morgan fingerprint density at radius 3 is 2.37 bits per heavy atom. The lowest BCUT2D eigenvalue weighted by Crippen LogP contribution is -2.36. The van der Waals surface area contributed by atoms with Gasteiger partial charge >= 0.3 is 12.1 Å². The first-order valence-electron chi connectivity index (χ1n) is 16.2. The molecule has 2 saturated carbocycles. The second-order valence-corrected chi connectivity index (χ2v) is 19.6. The van der Waals surface area contributed by atoms with Gasteiger partial charge in [-0.25, -0.2) is 4.68 Å². The highest BCUT2D eigenvalue weighted by Crippen LogP contribution is 2.41. The molecule has 0 bridgehead atoms. The van der Waals surface area contributed by atoms with E-state index in [1.54, 1.807) is 24.3 Å². The summed E-state index contributed by atoms with van der Waals surface area (Å²) in [6.07, 6.45) is 2.28. The molecule has 2 aliphatic rings. The molecular weight excluding hydrogens is 615 g/mol. The second-order valence-electron chi connectivity index (χ2n) is 13.9. The number of nitrogens with zero attached hydrogens (tertiary/aromatic N) is 3. The van der Waals surface area contributed by atoms with Crippen LogP contribution < -0.4 is 10.3 Å². The quantitative estimate of drug-likeness (QED) is 0.116. The average Bonchev–Trinajstić information content (AvgIpc) is 3.68. The van der Waals surface area contributed by atoms with Crippen LogP contribution in [0.15, 0.2) is 47.3 Å². The van der Waals surface area contributed by atoms with E-state index in [0.717, 1.165) is 35.3 Å². The Labute approximate surface area is 267 Å². The first kappa shape index (κ1) is 33.8. The van der Waals surface area contributed by atoms with Crippen LogP contribution >= 0.6 is 0 Å². The molecule has 0 unspecified atom stereocenters. The van der Waals surface area contributed by atoms with Crippen molar-refractivity contribution in [2.75, 3.05) is 13.2 Å². The summed E-state index contributed by atoms with van der Waals surface area (Å²) in [5.41, 5.74) is -1.20. The number of ether oxygens (including phenoxy) is 2. The maximum atomic E-state index is 13.8. The molecule has 1 heterocycles. The van der Waals surface area contributed by atoms with Gasteiger partial charge in [0.05, 0.1) is 36.6 Å². The Kier molecular flexibility index (Phi) is 10.3. The lowest BCUT2D eigenvalue weighted by Gasteiger charge is -2.24. The standard InChI is InChI=1S/C34H42F3N3O5Si/c1-46(2,3)19-18-45-33(43)30-24(21-40-32(42)28-20-25(34(35,36)37)11-15-29(28)38-39-40)10-14-27(30)31(41)23-8-12-26(13-9-23)44-17-16-22-6-4-5-7-22/h8-9,11-13,15,20,22,24,27,30H,4-7,10,14,16-19,21H2,1-3H3/t24-,27-,30-/m0/s1. The molecule has 3 atom stereocenters. The van der Waals surface area contributed by atoms with Crippen LogP contribution in [0.25, 0.3) is 10.9 Å². The van der Waals surface area contributed by atoms with Gasteiger partial charge in [-0.05, 0) is 79.6 Å². The summed E-state index contributed by atoms with van der Waals surface area (Å²) in [5, 5.41) is 7.71. The van der Waals surface area contributed by atoms with Crippen LogP contribution in [0.3, 0.4) is 0 Å². The van der Waals surface area contributed by atoms with Gasteiger partial charge < -0.3 is 9.47 Å². The van der Waals surface area contributed by atoms with Crippen LogP contribution in [-0.4, -0.2) is 48.0 Å². The van der Waals surface area contributed by atoms with Gasteiger partial charge in [-0.1, -0.05) is 50.5 Å². The highest BCUT2D eigenvalue weighted by Gasteiger charge is 2.46. The van der Waals surface area contributed by atoms with Crippen LogP contribution in [0.4, 0.5) is 13.2 Å². The van der Waals surface area contributed by atoms with Crippen molar-refractivity contribution >= 4 is 30.7 Å². The van der Waals surface area contributed by atoms with Crippen molar-refractivity contribution in [1.82, 2.24) is 15.0 Å². The van der Waals surface area contributed by atoms with Crippen molar-refractivity contribution in [1.29, 1.82) is 0 Å². The number of halogens is 3. The fraction of sp³-hybridized carbons (Fsp3) is 0.559. The van der Waals surface area contributed by atoms with Crippen molar-refractivity contribution in [2.24, 2.45) is 23.7 Å². The normalized spacial score (nSPS) is 20.7. The number of hydrogen-bond acceptors (Lipinski definition) is 7. The van der Waals surface area contributed by atoms with Gasteiger partial charge in [0.15, 0.2) is 5.78 Å². The number of benzene rings is 2. The molecule has 1 aromatic heterocycles. The molecule has 0 saturated heterocycles. The second kappa shape index (κ2) is 14.1. The first-order valence-corrected chi connectivity index (χ1v) is 19.9. The fourth-order valence-electron chi connectivity index (χ4n) is 6.66. The van der Waals surface area contributed by atoms with Gasteiger partial charge in [-0.15, -0.1) is 5.10 Å². The predicted molar refractivity (Wildman–Crippen MR) is 170 cm³/mol. The van der Waals surface area contributed by atoms with Crippen LogP contribution in [-0.2, 0) is 22.3 Å². The summed E-state index contributed by atoms with van der Waals surface area (Å²) in [5.74, 6) is -1.33. The van der Waals surface area contributed by atoms with Gasteiger partial charge in [0.1, 0.15) is 11.3 Å². The molecule has 8 nitrogen and oxygen atoms in total. The summed E-state index contributed by atoms with van der Waals surface area (Å²) in [6.45, 7) is 7.29. The van der Waals surface area contributed by atoms with Crippen LogP contribution in [0, 0.1) is 23.7 Å². The molecule has 248 valence electrons. The first-order chi connectivity index (χ1) is 21.8. The van der Waals surface area contributed by atoms with Gasteiger partial charge in [0, 0.05) is 19.6 Å². The predicted octanol–water partition coefficient (Wildman–Crippen LogP) is 7.18. The zero-order chi connectivity index (χ0) is 33.1. The van der Waals surface area contributed by atoms with Gasteiger partial charge in [0.25, 0.3) is 5.56 Å². The van der Waals surface area contributed by atoms with Crippen molar-refractivity contribution in [3.05, 3.63) is 63.9 Å². The van der Waals surface area contributed by atoms with Crippen LogP contribution in [0.2, 0.25) is 25.7 Å². The molecule has 12 heteroatoms. The van der Waals surface area contributed by atoms with E-state index in [0.29, 0.717) is 36.7 Å². The molecule has 0 amide bonds. The highest BCUT2D eigenvalue weighted by molar-refractivity contribution is 6.76. The number of Topliss-reactive ketones (excluding diaryl/α,β-unsaturated/α-hetero) is 1. The summed E-state index contributed by atoms with van der Waals surface area (Å²) >= 11 is 0. The van der Waals surface area contributed by atoms with Crippen molar-refractivity contribution < 1.29 is 32.2 Å².